The molecule has 2 N–H and O–H groups in total. The summed E-state index contributed by atoms with van der Waals surface area (Å²) in [4.78, 5) is 23.3. The van der Waals surface area contributed by atoms with E-state index in [0.717, 1.165) is 0 Å². The van der Waals surface area contributed by atoms with Gasteiger partial charge in [-0.25, -0.2) is 9.59 Å². The van der Waals surface area contributed by atoms with Crippen LogP contribution in [0.2, 0.25) is 0 Å². The lowest BCUT2D eigenvalue weighted by Crippen LogP contribution is -2.14. The second-order valence-corrected chi connectivity index (χ2v) is 3.93. The molecule has 0 radical (unpaired) electrons. The number of rotatable bonds is 4. The Hall–Kier alpha value is -2.82. The Balaban J connectivity index is 1.86. The molecule has 0 saturated heterocycles. The zero-order valence-corrected chi connectivity index (χ0v) is 10.6. The highest BCUT2D eigenvalue weighted by Crippen LogP contribution is 2.11. The summed E-state index contributed by atoms with van der Waals surface area (Å²) in [5.74, 6) is -1.19. The summed E-state index contributed by atoms with van der Waals surface area (Å²) in [5.41, 5.74) is 6.58. The summed E-state index contributed by atoms with van der Waals surface area (Å²) >= 11 is 0. The molecule has 0 aliphatic carbocycles. The van der Waals surface area contributed by atoms with E-state index < -0.39 is 18.7 Å². The maximum atomic E-state index is 11.7. The Morgan fingerprint density at radius 3 is 2.15 bits per heavy atom. The first kappa shape index (κ1) is 13.6. The van der Waals surface area contributed by atoms with Gasteiger partial charge in [0.1, 0.15) is 0 Å². The first-order valence-corrected chi connectivity index (χ1v) is 5.92. The van der Waals surface area contributed by atoms with Crippen LogP contribution in [0.1, 0.15) is 20.7 Å². The highest BCUT2D eigenvalue weighted by Gasteiger charge is 2.12. The molecule has 0 fully saturated rings. The van der Waals surface area contributed by atoms with Gasteiger partial charge in [0.15, 0.2) is 0 Å². The first-order chi connectivity index (χ1) is 9.68. The van der Waals surface area contributed by atoms with E-state index in [9.17, 15) is 9.59 Å². The van der Waals surface area contributed by atoms with Crippen LogP contribution >= 0.6 is 0 Å². The highest BCUT2D eigenvalue weighted by atomic mass is 16.7. The SMILES string of the molecule is Nc1ccccc1C(=O)OCOC(=O)c1ccccc1. The van der Waals surface area contributed by atoms with E-state index in [1.807, 2.05) is 0 Å². The summed E-state index contributed by atoms with van der Waals surface area (Å²) < 4.78 is 9.68. The number of nitrogen functional groups attached to an aromatic ring is 1. The predicted octanol–water partition coefficient (Wildman–Crippen LogP) is 2.24. The quantitative estimate of drug-likeness (QED) is 0.524. The van der Waals surface area contributed by atoms with E-state index in [1.54, 1.807) is 48.5 Å². The van der Waals surface area contributed by atoms with Crippen LogP contribution in [0.5, 0.6) is 0 Å². The topological polar surface area (TPSA) is 78.6 Å². The van der Waals surface area contributed by atoms with Crippen LogP contribution < -0.4 is 5.73 Å². The minimum atomic E-state index is -0.635. The van der Waals surface area contributed by atoms with Crippen molar-refractivity contribution in [2.75, 3.05) is 12.5 Å². The van der Waals surface area contributed by atoms with Gasteiger partial charge in [0.2, 0.25) is 6.79 Å². The monoisotopic (exact) mass is 271 g/mol. The van der Waals surface area contributed by atoms with Gasteiger partial charge in [-0.15, -0.1) is 0 Å². The van der Waals surface area contributed by atoms with Gasteiger partial charge in [-0.3, -0.25) is 0 Å². The van der Waals surface area contributed by atoms with Crippen LogP contribution in [0.25, 0.3) is 0 Å². The number of hydrogen-bond donors (Lipinski definition) is 1. The largest absolute Gasteiger partial charge is 0.424 e. The molecule has 2 rings (SSSR count). The minimum Gasteiger partial charge on any atom is -0.424 e. The zero-order chi connectivity index (χ0) is 14.4. The molecule has 0 aliphatic heterocycles. The Morgan fingerprint density at radius 2 is 1.45 bits per heavy atom. The molecule has 0 amide bonds. The Kier molecular flexibility index (Phi) is 4.34. The molecule has 0 heterocycles. The van der Waals surface area contributed by atoms with Crippen molar-refractivity contribution in [3.63, 3.8) is 0 Å². The smallest absolute Gasteiger partial charge is 0.343 e. The third-order valence-electron chi connectivity index (χ3n) is 2.57. The number of carbonyl (C=O) groups excluding carboxylic acids is 2. The van der Waals surface area contributed by atoms with Gasteiger partial charge in [0.25, 0.3) is 0 Å². The number of anilines is 1. The van der Waals surface area contributed by atoms with Gasteiger partial charge >= 0.3 is 11.9 Å². The lowest BCUT2D eigenvalue weighted by molar-refractivity contribution is -0.0166. The van der Waals surface area contributed by atoms with Gasteiger partial charge < -0.3 is 15.2 Å². The van der Waals surface area contributed by atoms with Gasteiger partial charge in [-0.2, -0.15) is 0 Å². The number of para-hydroxylation sites is 1. The van der Waals surface area contributed by atoms with Crippen LogP contribution in [-0.2, 0) is 9.47 Å². The molecular formula is C15H13NO4. The zero-order valence-electron chi connectivity index (χ0n) is 10.6. The lowest BCUT2D eigenvalue weighted by Gasteiger charge is -2.07. The molecule has 102 valence electrons. The molecule has 2 aromatic carbocycles. The fourth-order valence-electron chi connectivity index (χ4n) is 1.55. The minimum absolute atomic E-state index is 0.239. The Labute approximate surface area is 115 Å². The second-order valence-electron chi connectivity index (χ2n) is 3.93. The molecule has 0 spiro atoms. The van der Waals surface area contributed by atoms with E-state index in [-0.39, 0.29) is 5.56 Å². The van der Waals surface area contributed by atoms with Gasteiger partial charge in [0.05, 0.1) is 11.1 Å². The predicted molar refractivity (Wildman–Crippen MR) is 73.0 cm³/mol. The summed E-state index contributed by atoms with van der Waals surface area (Å²) in [6.45, 7) is -0.457. The normalized spacial score (nSPS) is 9.80. The molecule has 0 bridgehead atoms. The van der Waals surface area contributed by atoms with Crippen molar-refractivity contribution in [3.8, 4) is 0 Å². The first-order valence-electron chi connectivity index (χ1n) is 5.92. The molecule has 0 saturated carbocycles. The number of hydrogen-bond acceptors (Lipinski definition) is 5. The molecule has 0 aromatic heterocycles. The molecule has 0 atom stereocenters. The summed E-state index contributed by atoms with van der Waals surface area (Å²) in [6, 6.07) is 14.9. The third kappa shape index (κ3) is 3.35. The van der Waals surface area contributed by atoms with Crippen molar-refractivity contribution in [3.05, 3.63) is 65.7 Å². The van der Waals surface area contributed by atoms with Crippen LogP contribution in [0.3, 0.4) is 0 Å². The number of nitrogens with two attached hydrogens (primary N) is 1. The number of benzene rings is 2. The van der Waals surface area contributed by atoms with Crippen molar-refractivity contribution in [2.24, 2.45) is 0 Å². The Bertz CT molecular complexity index is 610. The van der Waals surface area contributed by atoms with Crippen molar-refractivity contribution in [1.29, 1.82) is 0 Å². The van der Waals surface area contributed by atoms with Crippen LogP contribution in [-0.4, -0.2) is 18.7 Å². The van der Waals surface area contributed by atoms with Gasteiger partial charge in [-0.05, 0) is 24.3 Å². The van der Waals surface area contributed by atoms with E-state index in [1.165, 1.54) is 6.07 Å². The number of ether oxygens (including phenoxy) is 2. The van der Waals surface area contributed by atoms with E-state index in [2.05, 4.69) is 0 Å². The highest BCUT2D eigenvalue weighted by molar-refractivity contribution is 5.95. The van der Waals surface area contributed by atoms with Crippen LogP contribution in [0, 0.1) is 0 Å². The molecule has 0 unspecified atom stereocenters. The maximum absolute atomic E-state index is 11.7. The standard InChI is InChI=1S/C15H13NO4/c16-13-9-5-4-8-12(13)15(18)20-10-19-14(17)11-6-2-1-3-7-11/h1-9H,10,16H2. The Morgan fingerprint density at radius 1 is 0.850 bits per heavy atom. The molecule has 2 aromatic rings. The molecular weight excluding hydrogens is 258 g/mol. The van der Waals surface area contributed by atoms with Crippen molar-refractivity contribution < 1.29 is 19.1 Å². The fourth-order valence-corrected chi connectivity index (χ4v) is 1.55. The number of esters is 2. The average Bonchev–Trinajstić information content (AvgIpc) is 2.48. The van der Waals surface area contributed by atoms with E-state index in [4.69, 9.17) is 15.2 Å². The van der Waals surface area contributed by atoms with Crippen molar-refractivity contribution >= 4 is 17.6 Å². The fraction of sp³-hybridized carbons (Fsp3) is 0.0667. The third-order valence-corrected chi connectivity index (χ3v) is 2.57. The van der Waals surface area contributed by atoms with Crippen LogP contribution in [0.4, 0.5) is 5.69 Å². The van der Waals surface area contributed by atoms with Gasteiger partial charge in [0, 0.05) is 5.69 Å². The van der Waals surface area contributed by atoms with E-state index >= 15 is 0 Å². The van der Waals surface area contributed by atoms with Crippen molar-refractivity contribution in [1.82, 2.24) is 0 Å². The van der Waals surface area contributed by atoms with Crippen LogP contribution in [0.15, 0.2) is 54.6 Å². The van der Waals surface area contributed by atoms with Gasteiger partial charge in [-0.1, -0.05) is 30.3 Å². The summed E-state index contributed by atoms with van der Waals surface area (Å²) in [5, 5.41) is 0. The molecule has 0 aliphatic rings. The maximum Gasteiger partial charge on any atom is 0.343 e. The molecule has 20 heavy (non-hydrogen) atoms. The lowest BCUT2D eigenvalue weighted by atomic mass is 10.2. The van der Waals surface area contributed by atoms with Crippen molar-refractivity contribution in [2.45, 2.75) is 0 Å². The molecule has 5 heteroatoms. The summed E-state index contributed by atoms with van der Waals surface area (Å²) in [7, 11) is 0. The molecule has 5 nitrogen and oxygen atoms in total. The average molecular weight is 271 g/mol. The summed E-state index contributed by atoms with van der Waals surface area (Å²) in [6.07, 6.45) is 0. The van der Waals surface area contributed by atoms with E-state index in [0.29, 0.717) is 11.3 Å². The number of carbonyl (C=O) groups is 2. The second kappa shape index (κ2) is 6.38.